The fourth-order valence-electron chi connectivity index (χ4n) is 2.04. The van der Waals surface area contributed by atoms with Crippen molar-refractivity contribution in [1.29, 1.82) is 0 Å². The number of hydrogen-bond donors (Lipinski definition) is 2. The van der Waals surface area contributed by atoms with Crippen LogP contribution in [-0.2, 0) is 4.79 Å². The lowest BCUT2D eigenvalue weighted by Gasteiger charge is -2.25. The van der Waals surface area contributed by atoms with Gasteiger partial charge in [0, 0.05) is 12.1 Å². The van der Waals surface area contributed by atoms with E-state index in [1.807, 2.05) is 0 Å². The highest BCUT2D eigenvalue weighted by Gasteiger charge is 2.28. The zero-order chi connectivity index (χ0) is 8.55. The highest BCUT2D eigenvalue weighted by molar-refractivity contribution is 5.92. The first kappa shape index (κ1) is 7.65. The summed E-state index contributed by atoms with van der Waals surface area (Å²) in [4.78, 5) is 11.3. The molecule has 1 saturated carbocycles. The molecule has 2 atom stereocenters. The second kappa shape index (κ2) is 2.81. The summed E-state index contributed by atoms with van der Waals surface area (Å²) in [6.45, 7) is 3.69. The fourth-order valence-corrected chi connectivity index (χ4v) is 2.04. The third kappa shape index (κ3) is 1.31. The summed E-state index contributed by atoms with van der Waals surface area (Å²) in [5.41, 5.74) is 0.532. The minimum atomic E-state index is -0.0237. The Kier molecular flexibility index (Phi) is 1.79. The molecule has 2 bridgehead atoms. The van der Waals surface area contributed by atoms with Crippen LogP contribution in [-0.4, -0.2) is 18.0 Å². The quantitative estimate of drug-likeness (QED) is 0.515. The zero-order valence-corrected chi connectivity index (χ0v) is 7.10. The van der Waals surface area contributed by atoms with Crippen LogP contribution < -0.4 is 10.6 Å². The van der Waals surface area contributed by atoms with Crippen LogP contribution in [0.4, 0.5) is 0 Å². The number of rotatable bonds is 0. The van der Waals surface area contributed by atoms with Crippen molar-refractivity contribution in [1.82, 2.24) is 10.6 Å². The number of hydrogen-bond acceptors (Lipinski definition) is 2. The van der Waals surface area contributed by atoms with Crippen LogP contribution >= 0.6 is 0 Å². The predicted octanol–water partition coefficient (Wildman–Crippen LogP) is 0.531. The van der Waals surface area contributed by atoms with Gasteiger partial charge in [-0.05, 0) is 25.7 Å². The van der Waals surface area contributed by atoms with Crippen molar-refractivity contribution in [2.75, 3.05) is 0 Å². The monoisotopic (exact) mass is 166 g/mol. The van der Waals surface area contributed by atoms with Crippen molar-refractivity contribution < 1.29 is 4.79 Å². The Morgan fingerprint density at radius 3 is 2.67 bits per heavy atom. The summed E-state index contributed by atoms with van der Waals surface area (Å²) < 4.78 is 0. The van der Waals surface area contributed by atoms with E-state index in [0.29, 0.717) is 17.8 Å². The summed E-state index contributed by atoms with van der Waals surface area (Å²) in [5, 5.41) is 6.11. The fraction of sp³-hybridized carbons (Fsp3) is 0.667. The molecule has 2 aliphatic rings. The van der Waals surface area contributed by atoms with Crippen LogP contribution in [0.15, 0.2) is 12.3 Å². The second-order valence-corrected chi connectivity index (χ2v) is 3.66. The van der Waals surface area contributed by atoms with E-state index in [-0.39, 0.29) is 5.91 Å². The van der Waals surface area contributed by atoms with Crippen molar-refractivity contribution in [2.45, 2.75) is 37.8 Å². The SMILES string of the molecule is C=C1NC2CCCC(C2)NC1=O. The largest absolute Gasteiger partial charge is 0.378 e. The molecule has 0 aromatic rings. The molecule has 1 amide bonds. The molecule has 0 aromatic carbocycles. The van der Waals surface area contributed by atoms with E-state index in [2.05, 4.69) is 17.2 Å². The highest BCUT2D eigenvalue weighted by atomic mass is 16.2. The van der Waals surface area contributed by atoms with E-state index in [0.717, 1.165) is 12.8 Å². The summed E-state index contributed by atoms with van der Waals surface area (Å²) in [6.07, 6.45) is 4.56. The maximum absolute atomic E-state index is 11.3. The van der Waals surface area contributed by atoms with E-state index < -0.39 is 0 Å². The lowest BCUT2D eigenvalue weighted by atomic mass is 9.92. The molecule has 66 valence electrons. The zero-order valence-electron chi connectivity index (χ0n) is 7.10. The first-order valence-corrected chi connectivity index (χ1v) is 4.52. The third-order valence-electron chi connectivity index (χ3n) is 2.66. The average Bonchev–Trinajstić information content (AvgIpc) is 2.11. The Labute approximate surface area is 72.2 Å². The Bertz CT molecular complexity index is 203. The van der Waals surface area contributed by atoms with Gasteiger partial charge in [-0.3, -0.25) is 4.79 Å². The summed E-state index contributed by atoms with van der Waals surface area (Å²) in [5.74, 6) is -0.0237. The van der Waals surface area contributed by atoms with Gasteiger partial charge in [0.15, 0.2) is 0 Å². The van der Waals surface area contributed by atoms with Crippen LogP contribution in [0.5, 0.6) is 0 Å². The molecule has 2 N–H and O–H groups in total. The van der Waals surface area contributed by atoms with Gasteiger partial charge in [0.05, 0.1) is 5.70 Å². The van der Waals surface area contributed by atoms with Gasteiger partial charge >= 0.3 is 0 Å². The van der Waals surface area contributed by atoms with E-state index in [1.54, 1.807) is 0 Å². The van der Waals surface area contributed by atoms with Gasteiger partial charge in [-0.15, -0.1) is 0 Å². The summed E-state index contributed by atoms with van der Waals surface area (Å²) in [7, 11) is 0. The van der Waals surface area contributed by atoms with Crippen molar-refractivity contribution in [2.24, 2.45) is 0 Å². The number of fused-ring (bicyclic) bond motifs is 2. The normalized spacial score (nSPS) is 35.0. The minimum Gasteiger partial charge on any atom is -0.378 e. The van der Waals surface area contributed by atoms with E-state index in [4.69, 9.17) is 0 Å². The van der Waals surface area contributed by atoms with Gasteiger partial charge in [-0.1, -0.05) is 6.58 Å². The third-order valence-corrected chi connectivity index (χ3v) is 2.66. The molecule has 1 heterocycles. The van der Waals surface area contributed by atoms with E-state index >= 15 is 0 Å². The lowest BCUT2D eigenvalue weighted by molar-refractivity contribution is -0.118. The van der Waals surface area contributed by atoms with Gasteiger partial charge in [-0.25, -0.2) is 0 Å². The number of carbonyl (C=O) groups excluding carboxylic acids is 1. The van der Waals surface area contributed by atoms with E-state index in [1.165, 1.54) is 12.8 Å². The maximum Gasteiger partial charge on any atom is 0.266 e. The van der Waals surface area contributed by atoms with Gasteiger partial charge in [0.2, 0.25) is 0 Å². The van der Waals surface area contributed by atoms with Crippen LogP contribution in [0.3, 0.4) is 0 Å². The maximum atomic E-state index is 11.3. The number of carbonyl (C=O) groups is 1. The molecule has 3 heteroatoms. The molecule has 0 radical (unpaired) electrons. The average molecular weight is 166 g/mol. The lowest BCUT2D eigenvalue weighted by Crippen LogP contribution is -2.36. The topological polar surface area (TPSA) is 41.1 Å². The Morgan fingerprint density at radius 2 is 1.92 bits per heavy atom. The molecule has 2 rings (SSSR count). The summed E-state index contributed by atoms with van der Waals surface area (Å²) >= 11 is 0. The second-order valence-electron chi connectivity index (χ2n) is 3.66. The van der Waals surface area contributed by atoms with Gasteiger partial charge in [-0.2, -0.15) is 0 Å². The van der Waals surface area contributed by atoms with Gasteiger partial charge in [0.1, 0.15) is 0 Å². The van der Waals surface area contributed by atoms with Crippen molar-refractivity contribution in [3.8, 4) is 0 Å². The van der Waals surface area contributed by atoms with Gasteiger partial charge in [0.25, 0.3) is 5.91 Å². The first-order chi connectivity index (χ1) is 5.75. The van der Waals surface area contributed by atoms with Crippen molar-refractivity contribution >= 4 is 5.91 Å². The number of amides is 1. The molecule has 3 nitrogen and oxygen atoms in total. The first-order valence-electron chi connectivity index (χ1n) is 4.52. The van der Waals surface area contributed by atoms with Crippen molar-refractivity contribution in [3.63, 3.8) is 0 Å². The van der Waals surface area contributed by atoms with Crippen molar-refractivity contribution in [3.05, 3.63) is 12.3 Å². The molecule has 1 saturated heterocycles. The predicted molar refractivity (Wildman–Crippen MR) is 46.5 cm³/mol. The summed E-state index contributed by atoms with van der Waals surface area (Å²) in [6, 6.07) is 0.846. The molecule has 0 spiro atoms. The molecule has 12 heavy (non-hydrogen) atoms. The molecule has 2 fully saturated rings. The molecular formula is C9H14N2O. The number of nitrogens with one attached hydrogen (secondary N) is 2. The van der Waals surface area contributed by atoms with Crippen LogP contribution in [0.1, 0.15) is 25.7 Å². The Hall–Kier alpha value is -0.990. The smallest absolute Gasteiger partial charge is 0.266 e. The minimum absolute atomic E-state index is 0.0237. The van der Waals surface area contributed by atoms with E-state index in [9.17, 15) is 4.79 Å². The molecule has 1 aliphatic carbocycles. The Morgan fingerprint density at radius 1 is 1.25 bits per heavy atom. The van der Waals surface area contributed by atoms with Crippen LogP contribution in [0, 0.1) is 0 Å². The Balaban J connectivity index is 2.14. The van der Waals surface area contributed by atoms with Crippen LogP contribution in [0.2, 0.25) is 0 Å². The van der Waals surface area contributed by atoms with Crippen LogP contribution in [0.25, 0.3) is 0 Å². The highest BCUT2D eigenvalue weighted by Crippen LogP contribution is 2.21. The molecule has 0 aromatic heterocycles. The standard InChI is InChI=1S/C9H14N2O/c1-6-9(12)11-8-4-2-3-7(5-8)10-6/h7-8,10H,1-5H2,(H,11,12). The van der Waals surface area contributed by atoms with Gasteiger partial charge < -0.3 is 10.6 Å². The molecule has 2 unspecified atom stereocenters. The molecule has 1 aliphatic heterocycles. The molecular weight excluding hydrogens is 152 g/mol.